The molecule has 2 rings (SSSR count). The minimum atomic E-state index is -0.649. The molecule has 1 saturated heterocycles. The molecule has 0 bridgehead atoms. The summed E-state index contributed by atoms with van der Waals surface area (Å²) in [6.45, 7) is 7.56. The monoisotopic (exact) mass is 345 g/mol. The predicted molar refractivity (Wildman–Crippen MR) is 95.0 cm³/mol. The van der Waals surface area contributed by atoms with Crippen molar-refractivity contribution < 1.29 is 19.1 Å². The molecule has 1 aromatic carbocycles. The van der Waals surface area contributed by atoms with E-state index in [-0.39, 0.29) is 5.70 Å². The molecule has 0 spiro atoms. The Balaban J connectivity index is 2.24. The number of methoxy groups -OCH3 is 1. The Labute approximate surface area is 147 Å². The zero-order valence-corrected chi connectivity index (χ0v) is 15.0. The number of amides is 3. The lowest BCUT2D eigenvalue weighted by Gasteiger charge is -2.21. The number of urea groups is 1. The van der Waals surface area contributed by atoms with Crippen molar-refractivity contribution in [3.8, 4) is 0 Å². The molecule has 3 amide bonds. The van der Waals surface area contributed by atoms with Crippen LogP contribution in [0.3, 0.4) is 0 Å². The Bertz CT molecular complexity index is 723. The zero-order chi connectivity index (χ0) is 18.6. The van der Waals surface area contributed by atoms with E-state index in [1.807, 2.05) is 25.1 Å². The molecule has 1 aliphatic heterocycles. The third-order valence-electron chi connectivity index (χ3n) is 4.16. The van der Waals surface area contributed by atoms with Crippen molar-refractivity contribution in [3.05, 3.63) is 35.0 Å². The summed E-state index contributed by atoms with van der Waals surface area (Å²) < 4.78 is 4.50. The molecule has 1 heterocycles. The Hall–Kier alpha value is -2.83. The van der Waals surface area contributed by atoms with Gasteiger partial charge in [-0.2, -0.15) is 0 Å². The number of aryl methyl sites for hydroxylation is 1. The lowest BCUT2D eigenvalue weighted by molar-refractivity contribution is -0.143. The van der Waals surface area contributed by atoms with E-state index in [9.17, 15) is 14.4 Å². The quantitative estimate of drug-likeness (QED) is 0.484. The van der Waals surface area contributed by atoms with Gasteiger partial charge in [-0.1, -0.05) is 6.07 Å². The molecule has 0 atom stereocenters. The van der Waals surface area contributed by atoms with E-state index in [1.165, 1.54) is 7.11 Å². The summed E-state index contributed by atoms with van der Waals surface area (Å²) >= 11 is 0. The maximum Gasteiger partial charge on any atom is 0.329 e. The number of esters is 1. The minimum absolute atomic E-state index is 0.146. The Kier molecular flexibility index (Phi) is 5.80. The summed E-state index contributed by atoms with van der Waals surface area (Å²) in [5, 5.41) is 2.50. The summed E-state index contributed by atoms with van der Waals surface area (Å²) in [7, 11) is 1.21. The number of carbonyl (C=O) groups is 3. The largest absolute Gasteiger partial charge is 0.468 e. The van der Waals surface area contributed by atoms with E-state index in [1.54, 1.807) is 6.08 Å². The maximum atomic E-state index is 12.3. The lowest BCUT2D eigenvalue weighted by Crippen LogP contribution is -2.36. The number of rotatable bonds is 6. The molecule has 0 unspecified atom stereocenters. The SMILES string of the molecule is CCN(CC)c1ccc(/C=C2/NC(=O)N(CC(=O)OC)C2=O)c(C)c1. The van der Waals surface area contributed by atoms with Crippen molar-refractivity contribution in [1.29, 1.82) is 0 Å². The fourth-order valence-electron chi connectivity index (χ4n) is 2.67. The van der Waals surface area contributed by atoms with Gasteiger partial charge in [-0.3, -0.25) is 9.59 Å². The molecule has 7 nitrogen and oxygen atoms in total. The summed E-state index contributed by atoms with van der Waals surface area (Å²) in [6, 6.07) is 5.32. The zero-order valence-electron chi connectivity index (χ0n) is 15.0. The number of imide groups is 1. The summed E-state index contributed by atoms with van der Waals surface area (Å²) in [6.07, 6.45) is 1.62. The average Bonchev–Trinajstić information content (AvgIpc) is 2.85. The van der Waals surface area contributed by atoms with Crippen LogP contribution in [-0.2, 0) is 14.3 Å². The Morgan fingerprint density at radius 2 is 1.96 bits per heavy atom. The molecule has 0 saturated carbocycles. The van der Waals surface area contributed by atoms with Crippen molar-refractivity contribution in [2.75, 3.05) is 31.6 Å². The van der Waals surface area contributed by atoms with Gasteiger partial charge in [0.15, 0.2) is 0 Å². The summed E-state index contributed by atoms with van der Waals surface area (Å²) in [4.78, 5) is 38.6. The number of hydrogen-bond donors (Lipinski definition) is 1. The molecule has 0 radical (unpaired) electrons. The van der Waals surface area contributed by atoms with Crippen LogP contribution in [0.5, 0.6) is 0 Å². The van der Waals surface area contributed by atoms with Gasteiger partial charge >= 0.3 is 12.0 Å². The van der Waals surface area contributed by atoms with Gasteiger partial charge in [0.05, 0.1) is 7.11 Å². The predicted octanol–water partition coefficient (Wildman–Crippen LogP) is 1.91. The van der Waals surface area contributed by atoms with Crippen molar-refractivity contribution in [2.24, 2.45) is 0 Å². The van der Waals surface area contributed by atoms with Crippen LogP contribution >= 0.6 is 0 Å². The fourth-order valence-corrected chi connectivity index (χ4v) is 2.67. The van der Waals surface area contributed by atoms with Gasteiger partial charge in [-0.25, -0.2) is 9.69 Å². The number of benzene rings is 1. The smallest absolute Gasteiger partial charge is 0.329 e. The van der Waals surface area contributed by atoms with Gasteiger partial charge in [0.2, 0.25) is 0 Å². The number of anilines is 1. The third kappa shape index (κ3) is 3.99. The first kappa shape index (κ1) is 18.5. The summed E-state index contributed by atoms with van der Waals surface area (Å²) in [5.41, 5.74) is 3.08. The number of nitrogens with one attached hydrogen (secondary N) is 1. The molecule has 0 aliphatic carbocycles. The fraction of sp³-hybridized carbons (Fsp3) is 0.389. The van der Waals surface area contributed by atoms with Crippen LogP contribution in [0, 0.1) is 6.92 Å². The maximum absolute atomic E-state index is 12.3. The molecule has 134 valence electrons. The topological polar surface area (TPSA) is 79.0 Å². The van der Waals surface area contributed by atoms with Gasteiger partial charge in [-0.05, 0) is 50.1 Å². The van der Waals surface area contributed by atoms with Crippen LogP contribution in [0.15, 0.2) is 23.9 Å². The highest BCUT2D eigenvalue weighted by Crippen LogP contribution is 2.22. The first-order valence-electron chi connectivity index (χ1n) is 8.18. The van der Waals surface area contributed by atoms with Crippen LogP contribution in [0.1, 0.15) is 25.0 Å². The first-order chi connectivity index (χ1) is 11.9. The highest BCUT2D eigenvalue weighted by Gasteiger charge is 2.35. The Morgan fingerprint density at radius 1 is 1.28 bits per heavy atom. The van der Waals surface area contributed by atoms with Crippen molar-refractivity contribution in [3.63, 3.8) is 0 Å². The Morgan fingerprint density at radius 3 is 2.52 bits per heavy atom. The van der Waals surface area contributed by atoms with Crippen LogP contribution in [0.2, 0.25) is 0 Å². The van der Waals surface area contributed by atoms with E-state index in [2.05, 4.69) is 28.8 Å². The number of nitrogens with zero attached hydrogens (tertiary/aromatic N) is 2. The average molecular weight is 345 g/mol. The van der Waals surface area contributed by atoms with Crippen molar-refractivity contribution in [2.45, 2.75) is 20.8 Å². The second kappa shape index (κ2) is 7.83. The van der Waals surface area contributed by atoms with Crippen LogP contribution in [0.4, 0.5) is 10.5 Å². The van der Waals surface area contributed by atoms with Crippen molar-refractivity contribution in [1.82, 2.24) is 10.2 Å². The van der Waals surface area contributed by atoms with E-state index >= 15 is 0 Å². The first-order valence-corrected chi connectivity index (χ1v) is 8.18. The highest BCUT2D eigenvalue weighted by atomic mass is 16.5. The standard InChI is InChI=1S/C18H23N3O4/c1-5-20(6-2)14-8-7-13(12(3)9-14)10-15-17(23)21(18(24)19-15)11-16(22)25-4/h7-10H,5-6,11H2,1-4H3,(H,19,24)/b15-10+. The van der Waals surface area contributed by atoms with Crippen LogP contribution < -0.4 is 10.2 Å². The van der Waals surface area contributed by atoms with E-state index < -0.39 is 24.5 Å². The number of hydrogen-bond acceptors (Lipinski definition) is 5. The molecule has 25 heavy (non-hydrogen) atoms. The van der Waals surface area contributed by atoms with Crippen LogP contribution in [0.25, 0.3) is 6.08 Å². The summed E-state index contributed by atoms with van der Waals surface area (Å²) in [5.74, 6) is -1.19. The minimum Gasteiger partial charge on any atom is -0.468 e. The van der Waals surface area contributed by atoms with Crippen molar-refractivity contribution >= 4 is 29.7 Å². The van der Waals surface area contributed by atoms with Gasteiger partial charge < -0.3 is 15.0 Å². The molecular weight excluding hydrogens is 322 g/mol. The molecular formula is C18H23N3O4. The van der Waals surface area contributed by atoms with Crippen LogP contribution in [-0.4, -0.2) is 49.6 Å². The number of ether oxygens (including phenoxy) is 1. The second-order valence-electron chi connectivity index (χ2n) is 5.67. The van der Waals surface area contributed by atoms with Gasteiger partial charge in [0.1, 0.15) is 12.2 Å². The molecule has 1 aliphatic rings. The normalized spacial score (nSPS) is 15.5. The molecule has 7 heteroatoms. The second-order valence-corrected chi connectivity index (χ2v) is 5.67. The number of carbonyl (C=O) groups excluding carboxylic acids is 3. The molecule has 1 fully saturated rings. The van der Waals surface area contributed by atoms with Gasteiger partial charge in [-0.15, -0.1) is 0 Å². The highest BCUT2D eigenvalue weighted by molar-refractivity contribution is 6.15. The van der Waals surface area contributed by atoms with E-state index in [4.69, 9.17) is 0 Å². The molecule has 1 aromatic rings. The lowest BCUT2D eigenvalue weighted by atomic mass is 10.1. The van der Waals surface area contributed by atoms with Gasteiger partial charge in [0.25, 0.3) is 5.91 Å². The third-order valence-corrected chi connectivity index (χ3v) is 4.16. The molecule has 1 N–H and O–H groups in total. The van der Waals surface area contributed by atoms with E-state index in [0.29, 0.717) is 0 Å². The van der Waals surface area contributed by atoms with Gasteiger partial charge in [0, 0.05) is 18.8 Å². The van der Waals surface area contributed by atoms with E-state index in [0.717, 1.165) is 34.8 Å². The molecule has 0 aromatic heterocycles.